The van der Waals surface area contributed by atoms with Crippen LogP contribution in [-0.2, 0) is 0 Å². The van der Waals surface area contributed by atoms with Gasteiger partial charge in [0.2, 0.25) is 0 Å². The Morgan fingerprint density at radius 1 is 0.350 bits per heavy atom. The minimum atomic E-state index is -0.0837. The van der Waals surface area contributed by atoms with Gasteiger partial charge in [-0.25, -0.2) is 4.98 Å². The molecule has 274 valence electrons. The minimum absolute atomic E-state index is 0.0350. The molecule has 0 unspecified atom stereocenters. The lowest BCUT2D eigenvalue weighted by Crippen LogP contribution is -2.64. The fourth-order valence-electron chi connectivity index (χ4n) is 11.7. The third-order valence-corrected chi connectivity index (χ3v) is 13.8. The summed E-state index contributed by atoms with van der Waals surface area (Å²) < 4.78 is 5.03. The monoisotopic (exact) mass is 759 g/mol. The molecule has 5 nitrogen and oxygen atoms in total. The molecule has 7 heterocycles. The normalized spacial score (nSPS) is 13.9. The quantitative estimate of drug-likeness (QED) is 0.166. The Labute approximate surface area is 346 Å². The summed E-state index contributed by atoms with van der Waals surface area (Å²) in [6, 6.07) is 69.6. The summed E-state index contributed by atoms with van der Waals surface area (Å²) in [6.45, 7) is -0.119. The fourth-order valence-corrected chi connectivity index (χ4v) is 11.7. The van der Waals surface area contributed by atoms with Crippen LogP contribution >= 0.6 is 0 Å². The van der Waals surface area contributed by atoms with Gasteiger partial charge in [-0.3, -0.25) is 4.90 Å². The van der Waals surface area contributed by atoms with Gasteiger partial charge in [0.25, 0.3) is 13.4 Å². The van der Waals surface area contributed by atoms with Gasteiger partial charge in [0.1, 0.15) is 5.82 Å². The minimum Gasteiger partial charge on any atom is -0.310 e. The van der Waals surface area contributed by atoms with E-state index in [0.29, 0.717) is 0 Å². The Morgan fingerprint density at radius 2 is 0.817 bits per heavy atom. The van der Waals surface area contributed by atoms with E-state index in [9.17, 15) is 0 Å². The molecular formula is C53H31B2N5. The number of hydrogen-bond donors (Lipinski definition) is 0. The summed E-state index contributed by atoms with van der Waals surface area (Å²) in [6.07, 6.45) is 0. The number of anilines is 6. The predicted molar refractivity (Wildman–Crippen MR) is 252 cm³/mol. The molecule has 0 spiro atoms. The van der Waals surface area contributed by atoms with Crippen molar-refractivity contribution in [1.29, 1.82) is 0 Å². The van der Waals surface area contributed by atoms with E-state index in [0.717, 1.165) is 28.5 Å². The molecule has 60 heavy (non-hydrogen) atoms. The molecule has 11 aromatic rings. The SMILES string of the molecule is c1ccc(N2c3cc4c(nc3B3c5c2cccc5-n2c5ccccc5c5cccc3c52)N(c2ccccc2)c2cccc3c2B4c2cccc4c5ccccc5n-3c24)cc1. The second-order valence-corrected chi connectivity index (χ2v) is 16.6. The largest absolute Gasteiger partial charge is 0.310 e. The van der Waals surface area contributed by atoms with Crippen LogP contribution in [-0.4, -0.2) is 27.5 Å². The number of pyridine rings is 1. The molecule has 0 N–H and O–H groups in total. The van der Waals surface area contributed by atoms with Crippen molar-refractivity contribution in [2.75, 3.05) is 9.80 Å². The van der Waals surface area contributed by atoms with E-state index < -0.39 is 0 Å². The van der Waals surface area contributed by atoms with E-state index in [4.69, 9.17) is 4.98 Å². The van der Waals surface area contributed by atoms with Crippen molar-refractivity contribution in [3.05, 3.63) is 188 Å². The zero-order valence-electron chi connectivity index (χ0n) is 32.3. The van der Waals surface area contributed by atoms with Gasteiger partial charge in [0, 0.05) is 72.3 Å². The van der Waals surface area contributed by atoms with Crippen LogP contribution in [0, 0.1) is 0 Å². The standard InChI is InChI=1S/C53H31B2N5/c1-3-15-32(16-4-1)57-43-27-13-30-46-49(43)55(39-24-12-22-37-35-20-8-10-26-42(35)60(46)51(37)39)52-47(57)31-40-53(56-52)58(33-17-5-2-6-18-33)44-28-14-29-45-48(44)54(40)38-23-11-21-36-34-19-7-9-25-41(34)59(45)50(36)38/h1-31H. The average molecular weight is 759 g/mol. The van der Waals surface area contributed by atoms with Crippen LogP contribution in [0.3, 0.4) is 0 Å². The van der Waals surface area contributed by atoms with Crippen LogP contribution in [0.15, 0.2) is 188 Å². The molecule has 4 aliphatic rings. The van der Waals surface area contributed by atoms with Gasteiger partial charge < -0.3 is 14.0 Å². The highest BCUT2D eigenvalue weighted by Crippen LogP contribution is 2.44. The van der Waals surface area contributed by atoms with Crippen molar-refractivity contribution in [3.63, 3.8) is 0 Å². The number of nitrogens with zero attached hydrogens (tertiary/aromatic N) is 5. The third-order valence-electron chi connectivity index (χ3n) is 13.8. The molecule has 3 aromatic heterocycles. The summed E-state index contributed by atoms with van der Waals surface area (Å²) in [5.74, 6) is 0.989. The van der Waals surface area contributed by atoms with Gasteiger partial charge in [-0.1, -0.05) is 121 Å². The lowest BCUT2D eigenvalue weighted by atomic mass is 9.33. The first-order chi connectivity index (χ1) is 29.8. The zero-order chi connectivity index (χ0) is 38.8. The summed E-state index contributed by atoms with van der Waals surface area (Å²) in [7, 11) is 0. The molecule has 0 saturated heterocycles. The molecule has 0 fully saturated rings. The molecule has 8 aromatic carbocycles. The Balaban J connectivity index is 1.11. The molecule has 0 saturated carbocycles. The first kappa shape index (κ1) is 31.3. The first-order valence-corrected chi connectivity index (χ1v) is 20.9. The zero-order valence-corrected chi connectivity index (χ0v) is 32.3. The number of aromatic nitrogens is 3. The van der Waals surface area contributed by atoms with Crippen molar-refractivity contribution in [2.24, 2.45) is 0 Å². The van der Waals surface area contributed by atoms with Crippen molar-refractivity contribution >= 4 is 124 Å². The third kappa shape index (κ3) is 3.67. The summed E-state index contributed by atoms with van der Waals surface area (Å²) in [5.41, 5.74) is 20.7. The number of benzene rings is 8. The maximum atomic E-state index is 6.11. The maximum absolute atomic E-state index is 6.11. The van der Waals surface area contributed by atoms with Gasteiger partial charge in [-0.05, 0) is 94.0 Å². The van der Waals surface area contributed by atoms with Crippen LogP contribution in [0.4, 0.5) is 34.3 Å². The van der Waals surface area contributed by atoms with E-state index in [1.54, 1.807) is 0 Å². The number of hydrogen-bond acceptors (Lipinski definition) is 3. The average Bonchev–Trinajstić information content (AvgIpc) is 3.83. The fraction of sp³-hybridized carbons (Fsp3) is 0. The van der Waals surface area contributed by atoms with Gasteiger partial charge in [0.05, 0.1) is 16.7 Å². The summed E-state index contributed by atoms with van der Waals surface area (Å²) in [4.78, 5) is 11.0. The molecule has 0 atom stereocenters. The molecule has 15 rings (SSSR count). The second-order valence-electron chi connectivity index (χ2n) is 16.6. The van der Waals surface area contributed by atoms with E-state index in [2.05, 4.69) is 207 Å². The molecule has 0 radical (unpaired) electrons. The van der Waals surface area contributed by atoms with E-state index in [1.165, 1.54) is 93.7 Å². The molecule has 0 amide bonds. The lowest BCUT2D eigenvalue weighted by molar-refractivity contribution is 1.15. The van der Waals surface area contributed by atoms with Crippen LogP contribution in [0.5, 0.6) is 0 Å². The second kappa shape index (κ2) is 11.0. The maximum Gasteiger partial charge on any atom is 0.275 e. The van der Waals surface area contributed by atoms with Gasteiger partial charge in [-0.15, -0.1) is 0 Å². The Hall–Kier alpha value is -7.76. The summed E-state index contributed by atoms with van der Waals surface area (Å²) in [5, 5.41) is 5.12. The highest BCUT2D eigenvalue weighted by Gasteiger charge is 2.47. The van der Waals surface area contributed by atoms with Gasteiger partial charge in [-0.2, -0.15) is 0 Å². The molecular weight excluding hydrogens is 728 g/mol. The van der Waals surface area contributed by atoms with Crippen LogP contribution < -0.4 is 42.7 Å². The van der Waals surface area contributed by atoms with Gasteiger partial charge in [0.15, 0.2) is 0 Å². The molecule has 0 aliphatic carbocycles. The highest BCUT2D eigenvalue weighted by atomic mass is 15.2. The molecule has 0 bridgehead atoms. The number of fused-ring (bicyclic) bond motifs is 14. The van der Waals surface area contributed by atoms with Crippen molar-refractivity contribution < 1.29 is 0 Å². The smallest absolute Gasteiger partial charge is 0.275 e. The number of para-hydroxylation sites is 6. The lowest BCUT2D eigenvalue weighted by Gasteiger charge is -2.43. The molecule has 4 aliphatic heterocycles. The van der Waals surface area contributed by atoms with Gasteiger partial charge >= 0.3 is 0 Å². The molecule has 7 heteroatoms. The van der Waals surface area contributed by atoms with E-state index in [1.807, 2.05) is 0 Å². The Bertz CT molecular complexity index is 3460. The topological polar surface area (TPSA) is 29.2 Å². The summed E-state index contributed by atoms with van der Waals surface area (Å²) >= 11 is 0. The Kier molecular flexibility index (Phi) is 5.75. The van der Waals surface area contributed by atoms with Crippen LogP contribution in [0.2, 0.25) is 0 Å². The predicted octanol–water partition coefficient (Wildman–Crippen LogP) is 8.50. The highest BCUT2D eigenvalue weighted by molar-refractivity contribution is 7.02. The van der Waals surface area contributed by atoms with E-state index >= 15 is 0 Å². The Morgan fingerprint density at radius 3 is 1.43 bits per heavy atom. The van der Waals surface area contributed by atoms with Crippen molar-refractivity contribution in [2.45, 2.75) is 0 Å². The van der Waals surface area contributed by atoms with Crippen molar-refractivity contribution in [3.8, 4) is 11.4 Å². The van der Waals surface area contributed by atoms with Crippen LogP contribution in [0.1, 0.15) is 0 Å². The van der Waals surface area contributed by atoms with Crippen molar-refractivity contribution in [1.82, 2.24) is 14.1 Å². The van der Waals surface area contributed by atoms with E-state index in [-0.39, 0.29) is 13.4 Å². The first-order valence-electron chi connectivity index (χ1n) is 20.9. The van der Waals surface area contributed by atoms with Crippen LogP contribution in [0.25, 0.3) is 55.0 Å². The number of rotatable bonds is 2.